The van der Waals surface area contributed by atoms with Crippen molar-refractivity contribution in [1.82, 2.24) is 4.57 Å². The highest BCUT2D eigenvalue weighted by Crippen LogP contribution is 2.62. The van der Waals surface area contributed by atoms with Crippen LogP contribution in [0.5, 0.6) is 0 Å². The van der Waals surface area contributed by atoms with Crippen molar-refractivity contribution in [1.29, 1.82) is 0 Å². The smallest absolute Gasteiger partial charge is 0.171 e. The second kappa shape index (κ2) is 8.96. The van der Waals surface area contributed by atoms with E-state index in [-0.39, 0.29) is 10.8 Å². The summed E-state index contributed by atoms with van der Waals surface area (Å²) < 4.78 is 18.0. The van der Waals surface area contributed by atoms with Gasteiger partial charge in [-0.05, 0) is 69.8 Å². The van der Waals surface area contributed by atoms with E-state index < -0.39 is 7.14 Å². The molecule has 0 saturated carbocycles. The minimum atomic E-state index is -3.14. The third-order valence-electron chi connectivity index (χ3n) is 10.6. The Morgan fingerprint density at radius 3 is 1.29 bits per heavy atom. The average Bonchev–Trinajstić information content (AvgIpc) is 3.62. The van der Waals surface area contributed by atoms with Gasteiger partial charge in [0, 0.05) is 43.2 Å². The van der Waals surface area contributed by atoms with Gasteiger partial charge in [0.05, 0.1) is 11.0 Å². The summed E-state index contributed by atoms with van der Waals surface area (Å²) >= 11 is 0. The quantitative estimate of drug-likeness (QED) is 0.185. The summed E-state index contributed by atoms with van der Waals surface area (Å²) in [4.78, 5) is 0. The number of aromatic nitrogens is 1. The van der Waals surface area contributed by atoms with Gasteiger partial charge >= 0.3 is 0 Å². The molecular weight excluding hydrogens is 565 g/mol. The van der Waals surface area contributed by atoms with Gasteiger partial charge in [-0.3, -0.25) is 0 Å². The second-order valence-corrected chi connectivity index (χ2v) is 16.5. The Hall–Kier alpha value is -4.65. The molecule has 3 heteroatoms. The summed E-state index contributed by atoms with van der Waals surface area (Å²) in [7, 11) is -3.14. The molecule has 1 aromatic heterocycles. The number of nitrogens with zero attached hydrogens (tertiary/aromatic N) is 1. The highest BCUT2D eigenvalue weighted by atomic mass is 31.2. The largest absolute Gasteiger partial charge is 0.309 e. The lowest BCUT2D eigenvalue weighted by atomic mass is 9.75. The zero-order chi connectivity index (χ0) is 30.7. The van der Waals surface area contributed by atoms with E-state index in [4.69, 9.17) is 0 Å². The predicted molar refractivity (Wildman–Crippen MR) is 190 cm³/mol. The Bertz CT molecular complexity index is 2240. The molecular formula is C42H34NOP. The molecule has 0 fully saturated rings. The minimum absolute atomic E-state index is 0.256. The van der Waals surface area contributed by atoms with Crippen molar-refractivity contribution >= 4 is 44.9 Å². The molecule has 45 heavy (non-hydrogen) atoms. The van der Waals surface area contributed by atoms with Gasteiger partial charge in [0.25, 0.3) is 0 Å². The van der Waals surface area contributed by atoms with Crippen LogP contribution in [0, 0.1) is 0 Å². The van der Waals surface area contributed by atoms with Crippen LogP contribution in [0.1, 0.15) is 49.9 Å². The Morgan fingerprint density at radius 1 is 0.467 bits per heavy atom. The number of para-hydroxylation sites is 2. The highest BCUT2D eigenvalue weighted by molar-refractivity contribution is 7.85. The normalized spacial score (nSPS) is 15.6. The van der Waals surface area contributed by atoms with E-state index in [2.05, 4.69) is 105 Å². The SMILES string of the molecule is CC1(C)c2cc(-n3c4ccccc4c4ccccc43)cc3c2-c2c1cc(P(=O)(c1ccccc1)c1ccccc1)cc2C3(C)C. The molecule has 2 aliphatic carbocycles. The van der Waals surface area contributed by atoms with Crippen molar-refractivity contribution in [3.63, 3.8) is 0 Å². The van der Waals surface area contributed by atoms with Gasteiger partial charge in [0.15, 0.2) is 7.14 Å². The van der Waals surface area contributed by atoms with Crippen LogP contribution in [-0.4, -0.2) is 4.57 Å². The van der Waals surface area contributed by atoms with Gasteiger partial charge in [-0.2, -0.15) is 0 Å². The lowest BCUT2D eigenvalue weighted by molar-refractivity contribution is 0.592. The lowest BCUT2D eigenvalue weighted by Gasteiger charge is -2.31. The fraction of sp³-hybridized carbons (Fsp3) is 0.143. The van der Waals surface area contributed by atoms with Crippen LogP contribution in [0.25, 0.3) is 38.6 Å². The molecule has 0 bridgehead atoms. The van der Waals surface area contributed by atoms with Crippen LogP contribution < -0.4 is 15.9 Å². The zero-order valence-corrected chi connectivity index (χ0v) is 26.9. The van der Waals surface area contributed by atoms with E-state index in [1.54, 1.807) is 0 Å². The minimum Gasteiger partial charge on any atom is -0.309 e. The van der Waals surface area contributed by atoms with Crippen molar-refractivity contribution in [3.8, 4) is 16.8 Å². The molecule has 2 nitrogen and oxygen atoms in total. The van der Waals surface area contributed by atoms with Crippen LogP contribution in [0.4, 0.5) is 0 Å². The molecule has 0 unspecified atom stereocenters. The Labute approximate surface area is 264 Å². The lowest BCUT2D eigenvalue weighted by Crippen LogP contribution is -2.29. The molecule has 2 aliphatic rings. The maximum Gasteiger partial charge on any atom is 0.171 e. The molecule has 6 aromatic carbocycles. The van der Waals surface area contributed by atoms with Gasteiger partial charge in [0.1, 0.15) is 0 Å². The summed E-state index contributed by atoms with van der Waals surface area (Å²) in [5, 5.41) is 5.22. The standard InChI is InChI=1S/C42H34NOP/c1-41(2)33-23-27(43-37-21-13-11-19-31(37)32-20-12-14-22-38(32)43)24-34-39(33)40-35(41)25-30(26-36(40)42(34,3)4)45(44,28-15-7-5-8-16-28)29-17-9-6-10-18-29/h5-26H,1-4H3. The molecule has 0 aliphatic heterocycles. The fourth-order valence-corrected chi connectivity index (χ4v) is 11.0. The van der Waals surface area contributed by atoms with Crippen LogP contribution in [-0.2, 0) is 15.4 Å². The maximum absolute atomic E-state index is 15.6. The topological polar surface area (TPSA) is 22.0 Å². The predicted octanol–water partition coefficient (Wildman–Crippen LogP) is 9.37. The van der Waals surface area contributed by atoms with Crippen LogP contribution in [0.2, 0.25) is 0 Å². The molecule has 0 atom stereocenters. The van der Waals surface area contributed by atoms with E-state index in [9.17, 15) is 0 Å². The first kappa shape index (κ1) is 26.7. The van der Waals surface area contributed by atoms with E-state index in [1.807, 2.05) is 60.7 Å². The van der Waals surface area contributed by atoms with Crippen molar-refractivity contribution in [2.75, 3.05) is 0 Å². The Kier molecular flexibility index (Phi) is 5.32. The first-order valence-electron chi connectivity index (χ1n) is 15.8. The average molecular weight is 600 g/mol. The van der Waals surface area contributed by atoms with Gasteiger partial charge in [0.2, 0.25) is 0 Å². The van der Waals surface area contributed by atoms with Crippen LogP contribution >= 0.6 is 7.14 Å². The van der Waals surface area contributed by atoms with Crippen molar-refractivity contribution in [2.24, 2.45) is 0 Å². The summed E-state index contributed by atoms with van der Waals surface area (Å²) in [6, 6.07) is 47.0. The molecule has 0 radical (unpaired) electrons. The van der Waals surface area contributed by atoms with Crippen molar-refractivity contribution in [2.45, 2.75) is 38.5 Å². The van der Waals surface area contributed by atoms with E-state index in [1.165, 1.54) is 60.9 Å². The van der Waals surface area contributed by atoms with Gasteiger partial charge in [-0.25, -0.2) is 0 Å². The number of benzene rings is 6. The molecule has 1 heterocycles. The molecule has 0 spiro atoms. The highest BCUT2D eigenvalue weighted by Gasteiger charge is 2.49. The number of fused-ring (bicyclic) bond motifs is 3. The summed E-state index contributed by atoms with van der Waals surface area (Å²) in [6.45, 7) is 9.38. The number of hydrogen-bond donors (Lipinski definition) is 0. The molecule has 218 valence electrons. The summed E-state index contributed by atoms with van der Waals surface area (Å²) in [5.41, 5.74) is 11.1. The Balaban J connectivity index is 1.32. The third-order valence-corrected chi connectivity index (χ3v) is 13.7. The molecule has 0 N–H and O–H groups in total. The zero-order valence-electron chi connectivity index (χ0n) is 26.0. The van der Waals surface area contributed by atoms with E-state index in [0.717, 1.165) is 15.9 Å². The Morgan fingerprint density at radius 2 is 0.844 bits per heavy atom. The van der Waals surface area contributed by atoms with Gasteiger partial charge in [-0.15, -0.1) is 0 Å². The number of rotatable bonds is 4. The maximum atomic E-state index is 15.6. The third kappa shape index (κ3) is 3.38. The first-order valence-corrected chi connectivity index (χ1v) is 17.5. The monoisotopic (exact) mass is 599 g/mol. The molecule has 7 aromatic rings. The summed E-state index contributed by atoms with van der Waals surface area (Å²) in [5.74, 6) is 0. The number of hydrogen-bond acceptors (Lipinski definition) is 1. The van der Waals surface area contributed by atoms with E-state index >= 15 is 4.57 Å². The van der Waals surface area contributed by atoms with E-state index in [0.29, 0.717) is 0 Å². The van der Waals surface area contributed by atoms with Gasteiger partial charge in [-0.1, -0.05) is 125 Å². The molecule has 9 rings (SSSR count). The molecule has 0 saturated heterocycles. The van der Waals surface area contributed by atoms with Crippen molar-refractivity contribution < 1.29 is 4.57 Å². The fourth-order valence-electron chi connectivity index (χ4n) is 8.29. The van der Waals surface area contributed by atoms with Crippen molar-refractivity contribution in [3.05, 3.63) is 156 Å². The summed E-state index contributed by atoms with van der Waals surface area (Å²) in [6.07, 6.45) is 0. The molecule has 0 amide bonds. The van der Waals surface area contributed by atoms with Crippen LogP contribution in [0.15, 0.2) is 133 Å². The van der Waals surface area contributed by atoms with Gasteiger partial charge < -0.3 is 9.13 Å². The second-order valence-electron chi connectivity index (χ2n) is 13.7. The first-order chi connectivity index (χ1) is 21.7. The van der Waals surface area contributed by atoms with Crippen LogP contribution in [0.3, 0.4) is 0 Å².